The van der Waals surface area contributed by atoms with E-state index in [-0.39, 0.29) is 5.92 Å². The Morgan fingerprint density at radius 3 is 2.47 bits per heavy atom. The summed E-state index contributed by atoms with van der Waals surface area (Å²) >= 11 is 3.32. The molecule has 0 saturated carbocycles. The van der Waals surface area contributed by atoms with Gasteiger partial charge in [-0.05, 0) is 40.0 Å². The number of carboxylic acid groups (broad SMARTS) is 1. The van der Waals surface area contributed by atoms with Crippen LogP contribution in [0.5, 0.6) is 0 Å². The molecule has 6 heteroatoms. The predicted molar refractivity (Wildman–Crippen MR) is 77.1 cm³/mol. The van der Waals surface area contributed by atoms with Crippen LogP contribution in [0.1, 0.15) is 24.2 Å². The number of hydrogen-bond acceptors (Lipinski definition) is 3. The van der Waals surface area contributed by atoms with E-state index in [4.69, 9.17) is 10.8 Å². The quantitative estimate of drug-likeness (QED) is 0.747. The summed E-state index contributed by atoms with van der Waals surface area (Å²) < 4.78 is 0.677. The average Bonchev–Trinajstić information content (AvgIpc) is 2.29. The molecule has 1 amide bonds. The summed E-state index contributed by atoms with van der Waals surface area (Å²) in [6, 6.07) is 4.90. The van der Waals surface area contributed by atoms with Gasteiger partial charge in [0, 0.05) is 22.3 Å². The number of aliphatic carboxylic acids is 1. The fraction of sp³-hybridized carbons (Fsp3) is 0.385. The van der Waals surface area contributed by atoms with Crippen molar-refractivity contribution in [3.05, 3.63) is 28.2 Å². The van der Waals surface area contributed by atoms with Crippen LogP contribution in [0, 0.1) is 11.8 Å². The Kier molecular flexibility index (Phi) is 5.35. The van der Waals surface area contributed by atoms with Gasteiger partial charge in [0.05, 0.1) is 5.92 Å². The number of benzene rings is 1. The highest BCUT2D eigenvalue weighted by Crippen LogP contribution is 2.24. The fourth-order valence-corrected chi connectivity index (χ4v) is 2.16. The number of rotatable bonds is 6. The van der Waals surface area contributed by atoms with Crippen molar-refractivity contribution < 1.29 is 14.7 Å². The van der Waals surface area contributed by atoms with Gasteiger partial charge in [-0.2, -0.15) is 0 Å². The Balaban J connectivity index is 2.78. The second kappa shape index (κ2) is 6.56. The molecule has 1 rings (SSSR count). The van der Waals surface area contributed by atoms with Crippen LogP contribution in [0.15, 0.2) is 22.7 Å². The standard InChI is InChI=1S/C13H17BrN2O3/c1-7(2)9(13(18)19)6-16-11-4-3-8(12(15)17)5-10(11)14/h3-5,7,9,16H,6H2,1-2H3,(H2,15,17)(H,18,19). The van der Waals surface area contributed by atoms with Gasteiger partial charge in [0.25, 0.3) is 0 Å². The minimum absolute atomic E-state index is 0.0358. The van der Waals surface area contributed by atoms with E-state index in [1.54, 1.807) is 18.2 Å². The second-order valence-corrected chi connectivity index (χ2v) is 5.48. The Labute approximate surface area is 120 Å². The van der Waals surface area contributed by atoms with Crippen molar-refractivity contribution in [1.29, 1.82) is 0 Å². The zero-order valence-electron chi connectivity index (χ0n) is 10.8. The summed E-state index contributed by atoms with van der Waals surface area (Å²) in [5, 5.41) is 12.2. The molecule has 0 aromatic heterocycles. The van der Waals surface area contributed by atoms with Gasteiger partial charge < -0.3 is 16.2 Å². The Morgan fingerprint density at radius 1 is 1.42 bits per heavy atom. The van der Waals surface area contributed by atoms with Gasteiger partial charge in [-0.15, -0.1) is 0 Å². The maximum Gasteiger partial charge on any atom is 0.308 e. The first-order chi connectivity index (χ1) is 8.82. The molecular formula is C13H17BrN2O3. The number of anilines is 1. The lowest BCUT2D eigenvalue weighted by atomic mass is 9.96. The lowest BCUT2D eigenvalue weighted by Crippen LogP contribution is -2.27. The number of nitrogens with one attached hydrogen (secondary N) is 1. The first-order valence-electron chi connectivity index (χ1n) is 5.89. The van der Waals surface area contributed by atoms with Gasteiger partial charge in [-0.25, -0.2) is 0 Å². The number of halogens is 1. The fourth-order valence-electron chi connectivity index (χ4n) is 1.64. The summed E-state index contributed by atoms with van der Waals surface area (Å²) in [6.45, 7) is 4.05. The van der Waals surface area contributed by atoms with E-state index in [1.807, 2.05) is 13.8 Å². The van der Waals surface area contributed by atoms with Gasteiger partial charge in [0.2, 0.25) is 5.91 Å². The Hall–Kier alpha value is -1.56. The van der Waals surface area contributed by atoms with E-state index < -0.39 is 17.8 Å². The molecule has 1 atom stereocenters. The maximum absolute atomic E-state index is 11.1. The van der Waals surface area contributed by atoms with E-state index >= 15 is 0 Å². The summed E-state index contributed by atoms with van der Waals surface area (Å²) in [6.07, 6.45) is 0. The van der Waals surface area contributed by atoms with Crippen molar-refractivity contribution in [2.24, 2.45) is 17.6 Å². The molecule has 0 spiro atoms. The number of amides is 1. The lowest BCUT2D eigenvalue weighted by molar-refractivity contribution is -0.142. The van der Waals surface area contributed by atoms with Crippen molar-refractivity contribution >= 4 is 33.5 Å². The number of carbonyl (C=O) groups excluding carboxylic acids is 1. The maximum atomic E-state index is 11.1. The third-order valence-corrected chi connectivity index (χ3v) is 3.54. The molecule has 1 aromatic rings. The molecular weight excluding hydrogens is 312 g/mol. The van der Waals surface area contributed by atoms with Crippen molar-refractivity contribution in [3.63, 3.8) is 0 Å². The molecule has 0 radical (unpaired) electrons. The van der Waals surface area contributed by atoms with Crippen LogP contribution in [0.3, 0.4) is 0 Å². The van der Waals surface area contributed by atoms with Crippen LogP contribution >= 0.6 is 15.9 Å². The van der Waals surface area contributed by atoms with Crippen LogP contribution < -0.4 is 11.1 Å². The van der Waals surface area contributed by atoms with Gasteiger partial charge >= 0.3 is 5.97 Å². The van der Waals surface area contributed by atoms with Crippen molar-refractivity contribution in [2.45, 2.75) is 13.8 Å². The van der Waals surface area contributed by atoms with E-state index in [0.717, 1.165) is 5.69 Å². The number of carbonyl (C=O) groups is 2. The second-order valence-electron chi connectivity index (χ2n) is 4.63. The largest absolute Gasteiger partial charge is 0.481 e. The molecule has 0 saturated heterocycles. The van der Waals surface area contributed by atoms with E-state index in [9.17, 15) is 9.59 Å². The minimum atomic E-state index is -0.827. The molecule has 0 fully saturated rings. The number of carboxylic acids is 1. The summed E-state index contributed by atoms with van der Waals surface area (Å²) in [5.74, 6) is -1.76. The van der Waals surface area contributed by atoms with Crippen LogP contribution in [0.4, 0.5) is 5.69 Å². The third-order valence-electron chi connectivity index (χ3n) is 2.89. The van der Waals surface area contributed by atoms with Gasteiger partial charge in [0.1, 0.15) is 0 Å². The predicted octanol–water partition coefficient (Wildman–Crippen LogP) is 2.32. The zero-order valence-corrected chi connectivity index (χ0v) is 12.4. The molecule has 0 aliphatic carbocycles. The Morgan fingerprint density at radius 2 is 2.05 bits per heavy atom. The molecule has 0 aliphatic rings. The normalized spacial score (nSPS) is 12.2. The van der Waals surface area contributed by atoms with Gasteiger partial charge in [0.15, 0.2) is 0 Å². The van der Waals surface area contributed by atoms with Crippen molar-refractivity contribution in [1.82, 2.24) is 0 Å². The number of primary amides is 1. The van der Waals surface area contributed by atoms with Crippen LogP contribution in [-0.2, 0) is 4.79 Å². The zero-order chi connectivity index (χ0) is 14.6. The highest BCUT2D eigenvalue weighted by Gasteiger charge is 2.21. The third kappa shape index (κ3) is 4.24. The molecule has 0 heterocycles. The van der Waals surface area contributed by atoms with E-state index in [1.165, 1.54) is 0 Å². The molecule has 4 N–H and O–H groups in total. The van der Waals surface area contributed by atoms with Gasteiger partial charge in [-0.1, -0.05) is 13.8 Å². The van der Waals surface area contributed by atoms with Crippen LogP contribution in [-0.4, -0.2) is 23.5 Å². The minimum Gasteiger partial charge on any atom is -0.481 e. The highest BCUT2D eigenvalue weighted by atomic mass is 79.9. The SMILES string of the molecule is CC(C)C(CNc1ccc(C(N)=O)cc1Br)C(=O)O. The van der Waals surface area contributed by atoms with E-state index in [0.29, 0.717) is 16.6 Å². The van der Waals surface area contributed by atoms with Crippen molar-refractivity contribution in [2.75, 3.05) is 11.9 Å². The monoisotopic (exact) mass is 328 g/mol. The molecule has 5 nitrogen and oxygen atoms in total. The molecule has 1 unspecified atom stereocenters. The average molecular weight is 329 g/mol. The smallest absolute Gasteiger partial charge is 0.308 e. The van der Waals surface area contributed by atoms with Gasteiger partial charge in [-0.3, -0.25) is 9.59 Å². The van der Waals surface area contributed by atoms with Crippen LogP contribution in [0.2, 0.25) is 0 Å². The first-order valence-corrected chi connectivity index (χ1v) is 6.68. The van der Waals surface area contributed by atoms with Crippen molar-refractivity contribution in [3.8, 4) is 0 Å². The first kappa shape index (κ1) is 15.5. The number of nitrogens with two attached hydrogens (primary N) is 1. The number of hydrogen-bond donors (Lipinski definition) is 3. The molecule has 1 aromatic carbocycles. The topological polar surface area (TPSA) is 92.4 Å². The van der Waals surface area contributed by atoms with E-state index in [2.05, 4.69) is 21.2 Å². The molecule has 0 bridgehead atoms. The molecule has 0 aliphatic heterocycles. The molecule has 19 heavy (non-hydrogen) atoms. The Bertz CT molecular complexity index is 489. The molecule has 104 valence electrons. The van der Waals surface area contributed by atoms with Crippen LogP contribution in [0.25, 0.3) is 0 Å². The summed E-state index contributed by atoms with van der Waals surface area (Å²) in [4.78, 5) is 22.1. The summed E-state index contributed by atoms with van der Waals surface area (Å²) in [5.41, 5.74) is 6.31. The summed E-state index contributed by atoms with van der Waals surface area (Å²) in [7, 11) is 0. The lowest BCUT2D eigenvalue weighted by Gasteiger charge is -2.18. The highest BCUT2D eigenvalue weighted by molar-refractivity contribution is 9.10.